The average molecular weight is 240 g/mol. The molecule has 0 spiro atoms. The first-order chi connectivity index (χ1) is 7.52. The standard InChI is InChI=1S/C12H20N2OS/c1-5-15-9(4)12-13-10(6-8(2)3)7-11(16)14-12/h7-9H,5-6H2,1-4H3,(H,13,14,16). The van der Waals surface area contributed by atoms with Crippen LogP contribution >= 0.6 is 12.2 Å². The molecule has 0 radical (unpaired) electrons. The van der Waals surface area contributed by atoms with Crippen LogP contribution in [0.1, 0.15) is 45.3 Å². The maximum absolute atomic E-state index is 5.50. The fraction of sp³-hybridized carbons (Fsp3) is 0.667. The van der Waals surface area contributed by atoms with Crippen molar-refractivity contribution in [2.24, 2.45) is 5.92 Å². The van der Waals surface area contributed by atoms with Gasteiger partial charge in [0.15, 0.2) is 0 Å². The van der Waals surface area contributed by atoms with Crippen LogP contribution in [-0.4, -0.2) is 16.6 Å². The maximum Gasteiger partial charge on any atom is 0.136 e. The summed E-state index contributed by atoms with van der Waals surface area (Å²) >= 11 is 5.16. The molecule has 1 heterocycles. The van der Waals surface area contributed by atoms with Crippen LogP contribution in [0.25, 0.3) is 0 Å². The van der Waals surface area contributed by atoms with Crippen LogP contribution in [0.2, 0.25) is 0 Å². The molecule has 1 aromatic heterocycles. The predicted octanol–water partition coefficient (Wildman–Crippen LogP) is 3.44. The Labute approximate surface area is 102 Å². The molecule has 0 amide bonds. The lowest BCUT2D eigenvalue weighted by molar-refractivity contribution is 0.0698. The first-order valence-electron chi connectivity index (χ1n) is 5.74. The van der Waals surface area contributed by atoms with Crippen molar-refractivity contribution in [2.75, 3.05) is 6.61 Å². The van der Waals surface area contributed by atoms with Crippen LogP contribution < -0.4 is 0 Å². The van der Waals surface area contributed by atoms with Gasteiger partial charge in [-0.1, -0.05) is 26.1 Å². The normalized spacial score (nSPS) is 13.1. The number of hydrogen-bond acceptors (Lipinski definition) is 3. The van der Waals surface area contributed by atoms with Gasteiger partial charge in [0.25, 0.3) is 0 Å². The number of H-pyrrole nitrogens is 1. The van der Waals surface area contributed by atoms with Gasteiger partial charge in [-0.3, -0.25) is 0 Å². The minimum Gasteiger partial charge on any atom is -0.371 e. The Morgan fingerprint density at radius 3 is 2.69 bits per heavy atom. The van der Waals surface area contributed by atoms with Gasteiger partial charge in [-0.15, -0.1) is 0 Å². The third kappa shape index (κ3) is 4.02. The number of nitrogens with zero attached hydrogens (tertiary/aromatic N) is 1. The average Bonchev–Trinajstić information content (AvgIpc) is 2.15. The molecule has 1 N–H and O–H groups in total. The summed E-state index contributed by atoms with van der Waals surface area (Å²) in [6.45, 7) is 9.00. The second-order valence-corrected chi connectivity index (χ2v) is 4.74. The summed E-state index contributed by atoms with van der Waals surface area (Å²) in [4.78, 5) is 7.59. The van der Waals surface area contributed by atoms with E-state index in [1.165, 1.54) is 0 Å². The Kier molecular flexibility index (Phi) is 5.09. The number of rotatable bonds is 5. The van der Waals surface area contributed by atoms with Crippen molar-refractivity contribution in [1.82, 2.24) is 9.97 Å². The van der Waals surface area contributed by atoms with Gasteiger partial charge in [-0.25, -0.2) is 4.98 Å². The zero-order valence-electron chi connectivity index (χ0n) is 10.4. The third-order valence-electron chi connectivity index (χ3n) is 2.25. The summed E-state index contributed by atoms with van der Waals surface area (Å²) in [5.74, 6) is 1.42. The van der Waals surface area contributed by atoms with Gasteiger partial charge in [0.05, 0.1) is 0 Å². The van der Waals surface area contributed by atoms with Crippen LogP contribution in [0, 0.1) is 10.6 Å². The molecule has 0 aliphatic heterocycles. The van der Waals surface area contributed by atoms with E-state index in [2.05, 4.69) is 23.8 Å². The Balaban J connectivity index is 2.93. The van der Waals surface area contributed by atoms with Crippen molar-refractivity contribution < 1.29 is 4.74 Å². The SMILES string of the molecule is CCOC(C)c1nc(=S)cc(CC(C)C)[nH]1. The molecule has 0 bridgehead atoms. The highest BCUT2D eigenvalue weighted by Gasteiger charge is 2.09. The summed E-state index contributed by atoms with van der Waals surface area (Å²) in [6, 6.07) is 1.93. The lowest BCUT2D eigenvalue weighted by Gasteiger charge is -2.13. The van der Waals surface area contributed by atoms with Crippen molar-refractivity contribution in [1.29, 1.82) is 0 Å². The van der Waals surface area contributed by atoms with E-state index in [-0.39, 0.29) is 6.10 Å². The smallest absolute Gasteiger partial charge is 0.136 e. The van der Waals surface area contributed by atoms with Gasteiger partial charge in [-0.2, -0.15) is 0 Å². The summed E-state index contributed by atoms with van der Waals surface area (Å²) in [5, 5.41) is 0. The van der Waals surface area contributed by atoms with E-state index in [1.54, 1.807) is 0 Å². The molecule has 16 heavy (non-hydrogen) atoms. The molecule has 90 valence electrons. The van der Waals surface area contributed by atoms with Gasteiger partial charge in [0.2, 0.25) is 0 Å². The molecule has 0 aliphatic rings. The maximum atomic E-state index is 5.50. The number of aromatic nitrogens is 2. The first-order valence-corrected chi connectivity index (χ1v) is 6.15. The molecule has 0 saturated heterocycles. The van der Waals surface area contributed by atoms with Crippen LogP contribution in [0.5, 0.6) is 0 Å². The Bertz CT molecular complexity index is 387. The summed E-state index contributed by atoms with van der Waals surface area (Å²) in [5.41, 5.74) is 1.14. The second kappa shape index (κ2) is 6.11. The number of aromatic amines is 1. The van der Waals surface area contributed by atoms with E-state index < -0.39 is 0 Å². The molecule has 0 aromatic carbocycles. The molecule has 1 aromatic rings. The predicted molar refractivity (Wildman–Crippen MR) is 68.0 cm³/mol. The van der Waals surface area contributed by atoms with E-state index in [1.807, 2.05) is 19.9 Å². The van der Waals surface area contributed by atoms with Crippen LogP contribution in [0.4, 0.5) is 0 Å². The fourth-order valence-electron chi connectivity index (χ4n) is 1.60. The lowest BCUT2D eigenvalue weighted by Crippen LogP contribution is -2.08. The van der Waals surface area contributed by atoms with E-state index >= 15 is 0 Å². The highest BCUT2D eigenvalue weighted by Crippen LogP contribution is 2.14. The zero-order valence-corrected chi connectivity index (χ0v) is 11.2. The van der Waals surface area contributed by atoms with Crippen LogP contribution in [0.3, 0.4) is 0 Å². The topological polar surface area (TPSA) is 37.9 Å². The first kappa shape index (κ1) is 13.3. The van der Waals surface area contributed by atoms with E-state index in [0.717, 1.165) is 17.9 Å². The molecular weight excluding hydrogens is 220 g/mol. The lowest BCUT2D eigenvalue weighted by atomic mass is 10.1. The highest BCUT2D eigenvalue weighted by molar-refractivity contribution is 7.71. The van der Waals surface area contributed by atoms with Gasteiger partial charge in [0, 0.05) is 12.3 Å². The minimum atomic E-state index is -0.0289. The molecule has 0 fully saturated rings. The largest absolute Gasteiger partial charge is 0.371 e. The van der Waals surface area contributed by atoms with Crippen LogP contribution in [0.15, 0.2) is 6.07 Å². The molecule has 1 atom stereocenters. The van der Waals surface area contributed by atoms with Gasteiger partial charge < -0.3 is 9.72 Å². The fourth-order valence-corrected chi connectivity index (χ4v) is 1.84. The Hall–Kier alpha value is -0.740. The quantitative estimate of drug-likeness (QED) is 0.801. The van der Waals surface area contributed by atoms with Crippen molar-refractivity contribution in [3.05, 3.63) is 22.2 Å². The van der Waals surface area contributed by atoms with Crippen molar-refractivity contribution in [2.45, 2.75) is 40.2 Å². The molecule has 0 aliphatic carbocycles. The van der Waals surface area contributed by atoms with Crippen molar-refractivity contribution >= 4 is 12.2 Å². The van der Waals surface area contributed by atoms with Crippen molar-refractivity contribution in [3.63, 3.8) is 0 Å². The number of hydrogen-bond donors (Lipinski definition) is 1. The second-order valence-electron chi connectivity index (χ2n) is 4.33. The van der Waals surface area contributed by atoms with Gasteiger partial charge in [-0.05, 0) is 32.3 Å². The molecule has 0 saturated carbocycles. The van der Waals surface area contributed by atoms with Gasteiger partial charge in [0.1, 0.15) is 16.6 Å². The number of nitrogens with one attached hydrogen (secondary N) is 1. The molecule has 4 heteroatoms. The summed E-state index contributed by atoms with van der Waals surface area (Å²) < 4.78 is 6.14. The van der Waals surface area contributed by atoms with Crippen LogP contribution in [-0.2, 0) is 11.2 Å². The Morgan fingerprint density at radius 2 is 2.12 bits per heavy atom. The minimum absolute atomic E-state index is 0.0289. The molecule has 3 nitrogen and oxygen atoms in total. The third-order valence-corrected chi connectivity index (χ3v) is 2.46. The van der Waals surface area contributed by atoms with Crippen molar-refractivity contribution in [3.8, 4) is 0 Å². The van der Waals surface area contributed by atoms with E-state index in [9.17, 15) is 0 Å². The molecule has 1 rings (SSSR count). The Morgan fingerprint density at radius 1 is 1.44 bits per heavy atom. The van der Waals surface area contributed by atoms with Gasteiger partial charge >= 0.3 is 0 Å². The zero-order chi connectivity index (χ0) is 12.1. The van der Waals surface area contributed by atoms with E-state index in [0.29, 0.717) is 17.2 Å². The monoisotopic (exact) mass is 240 g/mol. The molecular formula is C12H20N2OS. The summed E-state index contributed by atoms with van der Waals surface area (Å²) in [7, 11) is 0. The number of ether oxygens (including phenoxy) is 1. The molecule has 1 unspecified atom stereocenters. The summed E-state index contributed by atoms with van der Waals surface area (Å²) in [6.07, 6.45) is 0.955. The highest BCUT2D eigenvalue weighted by atomic mass is 32.1. The van der Waals surface area contributed by atoms with E-state index in [4.69, 9.17) is 17.0 Å².